The van der Waals surface area contributed by atoms with Crippen LogP contribution in [0.15, 0.2) is 60.7 Å². The van der Waals surface area contributed by atoms with Crippen molar-refractivity contribution in [3.8, 4) is 22.3 Å². The number of hydrogen-bond acceptors (Lipinski definition) is 3. The number of halogens is 2. The highest BCUT2D eigenvalue weighted by atomic mass is 19.1. The molecule has 3 rings (SSSR count). The van der Waals surface area contributed by atoms with E-state index in [1.165, 1.54) is 31.4 Å². The van der Waals surface area contributed by atoms with E-state index in [9.17, 15) is 4.79 Å². The summed E-state index contributed by atoms with van der Waals surface area (Å²) in [6.07, 6.45) is 11.3. The molecule has 0 atom stereocenters. The molecule has 0 saturated carbocycles. The number of unbranched alkanes of at least 4 members (excludes halogenated alkanes) is 8. The zero-order valence-electron chi connectivity index (χ0n) is 22.7. The maximum Gasteiger partial charge on any atom is 0.376 e. The van der Waals surface area contributed by atoms with Crippen LogP contribution in [-0.4, -0.2) is 12.6 Å². The molecule has 0 amide bonds. The zero-order valence-corrected chi connectivity index (χ0v) is 22.7. The Kier molecular flexibility index (Phi) is 12.4. The molecule has 0 unspecified atom stereocenters. The lowest BCUT2D eigenvalue weighted by Gasteiger charge is -2.15. The van der Waals surface area contributed by atoms with Gasteiger partial charge in [0.25, 0.3) is 0 Å². The molecule has 204 valence electrons. The fourth-order valence-electron chi connectivity index (χ4n) is 4.60. The Labute approximate surface area is 226 Å². The third kappa shape index (κ3) is 8.49. The number of carbonyl (C=O) groups is 1. The van der Waals surface area contributed by atoms with Crippen LogP contribution >= 0.6 is 0 Å². The molecular formula is C33H40F2O3. The minimum absolute atomic E-state index is 0.165. The van der Waals surface area contributed by atoms with Crippen LogP contribution in [0.2, 0.25) is 0 Å². The molecule has 0 saturated heterocycles. The van der Waals surface area contributed by atoms with Crippen LogP contribution in [0.3, 0.4) is 0 Å². The van der Waals surface area contributed by atoms with E-state index in [-0.39, 0.29) is 23.6 Å². The summed E-state index contributed by atoms with van der Waals surface area (Å²) < 4.78 is 31.0. The zero-order chi connectivity index (χ0) is 27.2. The predicted molar refractivity (Wildman–Crippen MR) is 150 cm³/mol. The van der Waals surface area contributed by atoms with Crippen LogP contribution in [0.5, 0.6) is 0 Å². The van der Waals surface area contributed by atoms with E-state index in [4.69, 9.17) is 9.78 Å². The van der Waals surface area contributed by atoms with E-state index in [0.717, 1.165) is 50.5 Å². The maximum absolute atomic E-state index is 15.9. The Morgan fingerprint density at radius 1 is 0.737 bits per heavy atom. The molecule has 3 nitrogen and oxygen atoms in total. The quantitative estimate of drug-likeness (QED) is 0.107. The van der Waals surface area contributed by atoms with Crippen LogP contribution in [0, 0.1) is 11.6 Å². The van der Waals surface area contributed by atoms with Gasteiger partial charge in [0.05, 0.1) is 12.2 Å². The van der Waals surface area contributed by atoms with Gasteiger partial charge in [-0.1, -0.05) is 114 Å². The molecule has 5 heteroatoms. The Hall–Kier alpha value is -3.05. The molecule has 0 fully saturated rings. The normalized spacial score (nSPS) is 11.1. The fourth-order valence-corrected chi connectivity index (χ4v) is 4.60. The van der Waals surface area contributed by atoms with Crippen LogP contribution in [0.25, 0.3) is 22.3 Å². The average Bonchev–Trinajstić information content (AvgIpc) is 2.93. The highest BCUT2D eigenvalue weighted by Crippen LogP contribution is 2.37. The Morgan fingerprint density at radius 2 is 1.42 bits per heavy atom. The van der Waals surface area contributed by atoms with Gasteiger partial charge >= 0.3 is 5.97 Å². The van der Waals surface area contributed by atoms with Crippen LogP contribution in [0.1, 0.15) is 94.0 Å². The SMILES string of the molecule is CCCCCCCCOOC(=O)c1ccc(-c2ccccc2)c(-c2ccc(CCCCCC)c(F)c2)c1F. The summed E-state index contributed by atoms with van der Waals surface area (Å²) in [6, 6.07) is 17.2. The first-order chi connectivity index (χ1) is 18.6. The van der Waals surface area contributed by atoms with Crippen molar-refractivity contribution < 1.29 is 23.4 Å². The average molecular weight is 523 g/mol. The van der Waals surface area contributed by atoms with Gasteiger partial charge in [-0.2, -0.15) is 4.89 Å². The van der Waals surface area contributed by atoms with Gasteiger partial charge < -0.3 is 0 Å². The molecular weight excluding hydrogens is 482 g/mol. The van der Waals surface area contributed by atoms with Crippen LogP contribution in [-0.2, 0) is 16.2 Å². The fraction of sp³-hybridized carbons (Fsp3) is 0.424. The van der Waals surface area contributed by atoms with Gasteiger partial charge in [-0.3, -0.25) is 4.89 Å². The van der Waals surface area contributed by atoms with Crippen molar-refractivity contribution in [2.45, 2.75) is 84.5 Å². The second kappa shape index (κ2) is 16.0. The first-order valence-electron chi connectivity index (χ1n) is 14.1. The largest absolute Gasteiger partial charge is 0.376 e. The van der Waals surface area contributed by atoms with Crippen molar-refractivity contribution in [3.63, 3.8) is 0 Å². The Morgan fingerprint density at radius 3 is 2.13 bits per heavy atom. The summed E-state index contributed by atoms with van der Waals surface area (Å²) >= 11 is 0. The van der Waals surface area contributed by atoms with E-state index in [2.05, 4.69) is 13.8 Å². The summed E-state index contributed by atoms with van der Waals surface area (Å²) in [4.78, 5) is 22.7. The first-order valence-corrected chi connectivity index (χ1v) is 14.1. The number of carbonyl (C=O) groups excluding carboxylic acids is 1. The molecule has 0 N–H and O–H groups in total. The molecule has 0 bridgehead atoms. The molecule has 0 spiro atoms. The van der Waals surface area contributed by atoms with Crippen molar-refractivity contribution in [2.24, 2.45) is 0 Å². The lowest BCUT2D eigenvalue weighted by atomic mass is 9.91. The lowest BCUT2D eigenvalue weighted by Crippen LogP contribution is -2.10. The summed E-state index contributed by atoms with van der Waals surface area (Å²) in [6.45, 7) is 4.57. The molecule has 0 aromatic heterocycles. The molecule has 0 aliphatic carbocycles. The summed E-state index contributed by atoms with van der Waals surface area (Å²) in [7, 11) is 0. The second-order valence-electron chi connectivity index (χ2n) is 9.79. The van der Waals surface area contributed by atoms with Crippen molar-refractivity contribution in [1.29, 1.82) is 0 Å². The van der Waals surface area contributed by atoms with Gasteiger partial charge in [-0.05, 0) is 53.6 Å². The molecule has 0 aliphatic heterocycles. The maximum atomic E-state index is 15.9. The third-order valence-corrected chi connectivity index (χ3v) is 6.80. The lowest BCUT2D eigenvalue weighted by molar-refractivity contribution is -0.241. The van der Waals surface area contributed by atoms with Crippen LogP contribution in [0.4, 0.5) is 8.78 Å². The van der Waals surface area contributed by atoms with Crippen molar-refractivity contribution in [1.82, 2.24) is 0 Å². The molecule has 38 heavy (non-hydrogen) atoms. The minimum atomic E-state index is -0.901. The van der Waals surface area contributed by atoms with Crippen molar-refractivity contribution in [3.05, 3.63) is 83.4 Å². The first kappa shape index (κ1) is 29.5. The molecule has 0 aliphatic rings. The minimum Gasteiger partial charge on any atom is -0.293 e. The van der Waals surface area contributed by atoms with Gasteiger partial charge in [-0.15, -0.1) is 0 Å². The Bertz CT molecular complexity index is 1140. The Balaban J connectivity index is 1.80. The number of rotatable bonds is 16. The summed E-state index contributed by atoms with van der Waals surface area (Å²) in [5.74, 6) is -2.02. The van der Waals surface area contributed by atoms with Gasteiger partial charge in [0.2, 0.25) is 0 Å². The van der Waals surface area contributed by atoms with E-state index in [1.54, 1.807) is 18.2 Å². The van der Waals surface area contributed by atoms with Crippen LogP contribution < -0.4 is 0 Å². The van der Waals surface area contributed by atoms with Gasteiger partial charge in [0.15, 0.2) is 0 Å². The molecule has 0 heterocycles. The number of aryl methyl sites for hydroxylation is 1. The molecule has 0 radical (unpaired) electrons. The van der Waals surface area contributed by atoms with E-state index >= 15 is 8.78 Å². The van der Waals surface area contributed by atoms with Gasteiger partial charge in [0, 0.05) is 5.56 Å². The van der Waals surface area contributed by atoms with Crippen molar-refractivity contribution >= 4 is 5.97 Å². The number of hydrogen-bond donors (Lipinski definition) is 0. The smallest absolute Gasteiger partial charge is 0.293 e. The van der Waals surface area contributed by atoms with Gasteiger partial charge in [0.1, 0.15) is 11.6 Å². The standard InChI is InChI=1S/C33H40F2O3/c1-3-5-7-9-10-15-23-37-38-33(36)29-22-21-28(25-16-13-11-14-17-25)31(32(29)35)27-20-19-26(30(34)24-27)18-12-8-6-4-2/h11,13-14,16-17,19-22,24H,3-10,12,15,18,23H2,1-2H3. The van der Waals surface area contributed by atoms with Crippen molar-refractivity contribution in [2.75, 3.05) is 6.61 Å². The summed E-state index contributed by atoms with van der Waals surface area (Å²) in [5, 5.41) is 0. The predicted octanol–water partition coefficient (Wildman–Crippen LogP) is 9.87. The topological polar surface area (TPSA) is 35.5 Å². The summed E-state index contributed by atoms with van der Waals surface area (Å²) in [5.41, 5.74) is 2.25. The van der Waals surface area contributed by atoms with E-state index in [0.29, 0.717) is 23.1 Å². The monoisotopic (exact) mass is 522 g/mol. The number of benzene rings is 3. The second-order valence-corrected chi connectivity index (χ2v) is 9.79. The highest BCUT2D eigenvalue weighted by Gasteiger charge is 2.23. The third-order valence-electron chi connectivity index (χ3n) is 6.80. The van der Waals surface area contributed by atoms with E-state index < -0.39 is 11.8 Å². The molecule has 3 aromatic rings. The van der Waals surface area contributed by atoms with E-state index in [1.807, 2.05) is 30.3 Å². The highest BCUT2D eigenvalue weighted by molar-refractivity contribution is 5.95. The molecule has 3 aromatic carbocycles. The van der Waals surface area contributed by atoms with Gasteiger partial charge in [-0.25, -0.2) is 13.6 Å².